The van der Waals surface area contributed by atoms with Crippen LogP contribution in [-0.2, 0) is 0 Å². The molecule has 0 fully saturated rings. The number of alkyl halides is 3. The Balaban J connectivity index is 2.61. The van der Waals surface area contributed by atoms with Crippen LogP contribution in [0.5, 0.6) is 0 Å². The van der Waals surface area contributed by atoms with Crippen molar-refractivity contribution in [1.29, 1.82) is 0 Å². The Morgan fingerprint density at radius 2 is 1.89 bits per heavy atom. The molecule has 1 atom stereocenters. The summed E-state index contributed by atoms with van der Waals surface area (Å²) in [5, 5.41) is 0. The Hall–Kier alpha value is -1.56. The molecule has 6 heteroatoms. The molecule has 0 amide bonds. The molecule has 0 bridgehead atoms. The molecular weight excluding hydrogens is 243 g/mol. The Morgan fingerprint density at radius 3 is 2.44 bits per heavy atom. The van der Waals surface area contributed by atoms with Crippen LogP contribution in [0, 0.1) is 13.8 Å². The number of imidazole rings is 1. The van der Waals surface area contributed by atoms with Gasteiger partial charge in [-0.15, -0.1) is 0 Å². The van der Waals surface area contributed by atoms with Crippen molar-refractivity contribution in [3.8, 4) is 0 Å². The molecule has 18 heavy (non-hydrogen) atoms. The molecule has 0 spiro atoms. The topological polar surface area (TPSA) is 43.8 Å². The molecule has 0 aliphatic carbocycles. The summed E-state index contributed by atoms with van der Waals surface area (Å²) in [5.41, 5.74) is 8.20. The van der Waals surface area contributed by atoms with Gasteiger partial charge in [-0.25, -0.2) is 4.98 Å². The molecule has 0 saturated heterocycles. The van der Waals surface area contributed by atoms with Crippen LogP contribution in [0.25, 0.3) is 11.0 Å². The van der Waals surface area contributed by atoms with Gasteiger partial charge in [0.2, 0.25) is 0 Å². The van der Waals surface area contributed by atoms with E-state index in [1.165, 1.54) is 6.33 Å². The maximum absolute atomic E-state index is 12.9. The first-order valence-corrected chi connectivity index (χ1v) is 5.55. The highest BCUT2D eigenvalue weighted by Gasteiger charge is 2.40. The standard InChI is InChI=1S/C12H14F3N3/c1-7-3-9-10(4-8(7)2)18(6-17-9)11(5-16)12(13,14)15/h3-4,6,11H,5,16H2,1-2H3. The predicted molar refractivity (Wildman–Crippen MR) is 63.4 cm³/mol. The lowest BCUT2D eigenvalue weighted by Crippen LogP contribution is -2.32. The first kappa shape index (κ1) is 12.9. The van der Waals surface area contributed by atoms with Crippen LogP contribution in [0.3, 0.4) is 0 Å². The van der Waals surface area contributed by atoms with Gasteiger partial charge in [-0.3, -0.25) is 0 Å². The second kappa shape index (κ2) is 4.28. The zero-order chi connectivity index (χ0) is 13.5. The zero-order valence-electron chi connectivity index (χ0n) is 10.1. The molecule has 1 aromatic heterocycles. The van der Waals surface area contributed by atoms with E-state index in [1.54, 1.807) is 12.1 Å². The first-order valence-electron chi connectivity index (χ1n) is 5.55. The molecule has 98 valence electrons. The van der Waals surface area contributed by atoms with E-state index in [4.69, 9.17) is 5.73 Å². The third kappa shape index (κ3) is 2.08. The van der Waals surface area contributed by atoms with Crippen LogP contribution in [0.4, 0.5) is 13.2 Å². The number of aryl methyl sites for hydroxylation is 2. The van der Waals surface area contributed by atoms with Crippen molar-refractivity contribution in [2.75, 3.05) is 6.54 Å². The summed E-state index contributed by atoms with van der Waals surface area (Å²) >= 11 is 0. The van der Waals surface area contributed by atoms with Gasteiger partial charge in [0, 0.05) is 6.54 Å². The number of nitrogens with zero attached hydrogens (tertiary/aromatic N) is 2. The van der Waals surface area contributed by atoms with Crippen molar-refractivity contribution >= 4 is 11.0 Å². The highest BCUT2D eigenvalue weighted by Crippen LogP contribution is 2.32. The minimum absolute atomic E-state index is 0.464. The fourth-order valence-corrected chi connectivity index (χ4v) is 1.94. The molecule has 0 aliphatic heterocycles. The molecule has 1 aromatic carbocycles. The second-order valence-electron chi connectivity index (χ2n) is 4.37. The maximum Gasteiger partial charge on any atom is 0.410 e. The van der Waals surface area contributed by atoms with Crippen LogP contribution in [-0.4, -0.2) is 22.3 Å². The van der Waals surface area contributed by atoms with E-state index in [2.05, 4.69) is 4.98 Å². The van der Waals surface area contributed by atoms with Crippen molar-refractivity contribution < 1.29 is 13.2 Å². The van der Waals surface area contributed by atoms with Crippen LogP contribution < -0.4 is 5.73 Å². The van der Waals surface area contributed by atoms with E-state index < -0.39 is 18.8 Å². The maximum atomic E-state index is 12.9. The lowest BCUT2D eigenvalue weighted by molar-refractivity contribution is -0.164. The molecule has 2 N–H and O–H groups in total. The van der Waals surface area contributed by atoms with Gasteiger partial charge in [0.05, 0.1) is 17.4 Å². The molecule has 0 radical (unpaired) electrons. The Kier molecular flexibility index (Phi) is 3.06. The number of nitrogens with two attached hydrogens (primary N) is 1. The molecule has 3 nitrogen and oxygen atoms in total. The fourth-order valence-electron chi connectivity index (χ4n) is 1.94. The molecule has 2 rings (SSSR count). The monoisotopic (exact) mass is 257 g/mol. The number of rotatable bonds is 2. The van der Waals surface area contributed by atoms with Crippen LogP contribution in [0.15, 0.2) is 18.5 Å². The number of aromatic nitrogens is 2. The lowest BCUT2D eigenvalue weighted by atomic mass is 10.1. The molecular formula is C12H14F3N3. The van der Waals surface area contributed by atoms with Gasteiger partial charge < -0.3 is 10.3 Å². The summed E-state index contributed by atoms with van der Waals surface area (Å²) in [5.74, 6) is 0. The van der Waals surface area contributed by atoms with Crippen molar-refractivity contribution in [2.24, 2.45) is 5.73 Å². The molecule has 2 aromatic rings. The summed E-state index contributed by atoms with van der Waals surface area (Å²) < 4.78 is 39.7. The minimum atomic E-state index is -4.37. The Bertz CT molecular complexity index is 572. The number of hydrogen-bond acceptors (Lipinski definition) is 2. The number of halogens is 3. The van der Waals surface area contributed by atoms with Gasteiger partial charge in [0.25, 0.3) is 0 Å². The first-order chi connectivity index (χ1) is 8.34. The summed E-state index contributed by atoms with van der Waals surface area (Å²) in [6.07, 6.45) is -3.17. The minimum Gasteiger partial charge on any atom is -0.328 e. The van der Waals surface area contributed by atoms with E-state index in [-0.39, 0.29) is 0 Å². The summed E-state index contributed by atoms with van der Waals surface area (Å²) in [7, 11) is 0. The highest BCUT2D eigenvalue weighted by atomic mass is 19.4. The second-order valence-corrected chi connectivity index (χ2v) is 4.37. The fraction of sp³-hybridized carbons (Fsp3) is 0.417. The zero-order valence-corrected chi connectivity index (χ0v) is 10.1. The van der Waals surface area contributed by atoms with Gasteiger partial charge in [-0.1, -0.05) is 0 Å². The number of benzene rings is 1. The third-order valence-electron chi connectivity index (χ3n) is 3.13. The van der Waals surface area contributed by atoms with Crippen molar-refractivity contribution in [3.05, 3.63) is 29.6 Å². The van der Waals surface area contributed by atoms with E-state index in [9.17, 15) is 13.2 Å². The van der Waals surface area contributed by atoms with Gasteiger partial charge >= 0.3 is 6.18 Å². The van der Waals surface area contributed by atoms with Crippen LogP contribution in [0.1, 0.15) is 17.2 Å². The lowest BCUT2D eigenvalue weighted by Gasteiger charge is -2.20. The third-order valence-corrected chi connectivity index (χ3v) is 3.13. The Labute approximate surface area is 102 Å². The van der Waals surface area contributed by atoms with E-state index in [0.717, 1.165) is 15.7 Å². The van der Waals surface area contributed by atoms with E-state index >= 15 is 0 Å². The Morgan fingerprint density at radius 1 is 1.28 bits per heavy atom. The largest absolute Gasteiger partial charge is 0.410 e. The van der Waals surface area contributed by atoms with E-state index in [0.29, 0.717) is 11.0 Å². The van der Waals surface area contributed by atoms with E-state index in [1.807, 2.05) is 13.8 Å². The van der Waals surface area contributed by atoms with Crippen molar-refractivity contribution in [2.45, 2.75) is 26.1 Å². The normalized spacial score (nSPS) is 14.1. The molecule has 0 aliphatic rings. The van der Waals surface area contributed by atoms with Gasteiger partial charge in [-0.05, 0) is 37.1 Å². The quantitative estimate of drug-likeness (QED) is 0.899. The molecule has 1 heterocycles. The van der Waals surface area contributed by atoms with Crippen molar-refractivity contribution in [3.63, 3.8) is 0 Å². The SMILES string of the molecule is Cc1cc2ncn(C(CN)C(F)(F)F)c2cc1C. The smallest absolute Gasteiger partial charge is 0.328 e. The summed E-state index contributed by atoms with van der Waals surface area (Å²) in [6.45, 7) is 3.26. The van der Waals surface area contributed by atoms with Gasteiger partial charge in [-0.2, -0.15) is 13.2 Å². The highest BCUT2D eigenvalue weighted by molar-refractivity contribution is 5.77. The average molecular weight is 257 g/mol. The summed E-state index contributed by atoms with van der Waals surface area (Å²) in [6, 6.07) is 1.77. The van der Waals surface area contributed by atoms with Gasteiger partial charge in [0.15, 0.2) is 0 Å². The molecule has 1 unspecified atom stereocenters. The average Bonchev–Trinajstić information content (AvgIpc) is 2.62. The van der Waals surface area contributed by atoms with Crippen LogP contribution >= 0.6 is 0 Å². The van der Waals surface area contributed by atoms with Gasteiger partial charge in [0.1, 0.15) is 6.04 Å². The summed E-state index contributed by atoms with van der Waals surface area (Å²) in [4.78, 5) is 4.01. The number of hydrogen-bond donors (Lipinski definition) is 1. The number of fused-ring (bicyclic) bond motifs is 1. The predicted octanol–water partition coefficient (Wildman–Crippen LogP) is 2.72. The van der Waals surface area contributed by atoms with Crippen molar-refractivity contribution in [1.82, 2.24) is 9.55 Å². The molecule has 0 saturated carbocycles. The van der Waals surface area contributed by atoms with Crippen LogP contribution in [0.2, 0.25) is 0 Å².